The maximum absolute atomic E-state index is 13.2. The Labute approximate surface area is 164 Å². The first-order valence-electron chi connectivity index (χ1n) is 7.90. The van der Waals surface area contributed by atoms with Crippen molar-refractivity contribution < 1.29 is 9.18 Å². The lowest BCUT2D eigenvalue weighted by Crippen LogP contribution is -2.14. The third-order valence-corrected chi connectivity index (χ3v) is 5.12. The second-order valence-corrected chi connectivity index (χ2v) is 7.13. The maximum Gasteiger partial charge on any atom is 0.256 e. The standard InChI is InChI=1S/C19H16BrClFN3O/c1-11-18(23-19(26)15-5-3-4-6-16(15)20)12(2)25(24-11)10-13-7-8-14(22)9-17(13)21/h3-9H,10H2,1-2H3,(H,23,26). The van der Waals surface area contributed by atoms with Crippen molar-refractivity contribution >= 4 is 39.1 Å². The molecule has 0 atom stereocenters. The van der Waals surface area contributed by atoms with Crippen LogP contribution in [0.2, 0.25) is 5.02 Å². The monoisotopic (exact) mass is 435 g/mol. The summed E-state index contributed by atoms with van der Waals surface area (Å²) in [7, 11) is 0. The molecule has 0 fully saturated rings. The Morgan fingerprint density at radius 3 is 2.69 bits per heavy atom. The summed E-state index contributed by atoms with van der Waals surface area (Å²) in [6, 6.07) is 11.5. The summed E-state index contributed by atoms with van der Waals surface area (Å²) in [4.78, 5) is 12.6. The van der Waals surface area contributed by atoms with Crippen molar-refractivity contribution in [3.05, 3.63) is 80.3 Å². The van der Waals surface area contributed by atoms with E-state index in [4.69, 9.17) is 11.6 Å². The molecule has 7 heteroatoms. The number of nitrogens with zero attached hydrogens (tertiary/aromatic N) is 2. The van der Waals surface area contributed by atoms with Crippen molar-refractivity contribution in [1.82, 2.24) is 9.78 Å². The van der Waals surface area contributed by atoms with Gasteiger partial charge in [0.15, 0.2) is 0 Å². The number of hydrogen-bond acceptors (Lipinski definition) is 2. The van der Waals surface area contributed by atoms with Crippen LogP contribution in [0.5, 0.6) is 0 Å². The smallest absolute Gasteiger partial charge is 0.256 e. The van der Waals surface area contributed by atoms with Gasteiger partial charge in [-0.3, -0.25) is 9.48 Å². The van der Waals surface area contributed by atoms with Crippen LogP contribution in [-0.4, -0.2) is 15.7 Å². The molecule has 1 aromatic heterocycles. The molecule has 1 amide bonds. The SMILES string of the molecule is Cc1nn(Cc2ccc(F)cc2Cl)c(C)c1NC(=O)c1ccccc1Br. The van der Waals surface area contributed by atoms with E-state index >= 15 is 0 Å². The van der Waals surface area contributed by atoms with Gasteiger partial charge in [-0.1, -0.05) is 29.8 Å². The summed E-state index contributed by atoms with van der Waals surface area (Å²) in [6.45, 7) is 4.08. The minimum Gasteiger partial charge on any atom is -0.319 e. The molecule has 0 saturated heterocycles. The molecule has 3 rings (SSSR count). The van der Waals surface area contributed by atoms with Crippen molar-refractivity contribution in [2.75, 3.05) is 5.32 Å². The highest BCUT2D eigenvalue weighted by Crippen LogP contribution is 2.25. The topological polar surface area (TPSA) is 46.9 Å². The molecule has 0 unspecified atom stereocenters. The van der Waals surface area contributed by atoms with Gasteiger partial charge in [0.05, 0.1) is 29.2 Å². The summed E-state index contributed by atoms with van der Waals surface area (Å²) in [5, 5.41) is 7.74. The molecule has 134 valence electrons. The van der Waals surface area contributed by atoms with E-state index in [1.54, 1.807) is 22.9 Å². The normalized spacial score (nSPS) is 10.8. The number of carbonyl (C=O) groups excluding carboxylic acids is 1. The van der Waals surface area contributed by atoms with Crippen molar-refractivity contribution in [1.29, 1.82) is 0 Å². The molecule has 0 bridgehead atoms. The molecule has 0 aliphatic rings. The molecule has 0 aliphatic carbocycles. The van der Waals surface area contributed by atoms with Crippen LogP contribution < -0.4 is 5.32 Å². The van der Waals surface area contributed by atoms with Gasteiger partial charge in [0.25, 0.3) is 5.91 Å². The lowest BCUT2D eigenvalue weighted by molar-refractivity contribution is 0.102. The van der Waals surface area contributed by atoms with Gasteiger partial charge in [0, 0.05) is 9.50 Å². The number of amides is 1. The van der Waals surface area contributed by atoms with Crippen LogP contribution in [0.1, 0.15) is 27.3 Å². The Morgan fingerprint density at radius 2 is 2.00 bits per heavy atom. The summed E-state index contributed by atoms with van der Waals surface area (Å²) < 4.78 is 15.7. The number of aryl methyl sites for hydroxylation is 1. The van der Waals surface area contributed by atoms with E-state index in [9.17, 15) is 9.18 Å². The van der Waals surface area contributed by atoms with Gasteiger partial charge in [0.1, 0.15) is 5.82 Å². The number of hydrogen-bond donors (Lipinski definition) is 1. The van der Waals surface area contributed by atoms with Gasteiger partial charge in [-0.05, 0) is 59.6 Å². The minimum absolute atomic E-state index is 0.219. The van der Waals surface area contributed by atoms with Crippen LogP contribution in [0.4, 0.5) is 10.1 Å². The molecule has 1 heterocycles. The maximum atomic E-state index is 13.2. The fourth-order valence-electron chi connectivity index (χ4n) is 2.67. The Hall–Kier alpha value is -2.18. The van der Waals surface area contributed by atoms with Gasteiger partial charge in [-0.15, -0.1) is 0 Å². The number of anilines is 1. The summed E-state index contributed by atoms with van der Waals surface area (Å²) in [6.07, 6.45) is 0. The number of halogens is 3. The molecule has 3 aromatic rings. The average Bonchev–Trinajstić information content (AvgIpc) is 2.85. The number of benzene rings is 2. The molecular formula is C19H16BrClFN3O. The first kappa shape index (κ1) is 18.6. The van der Waals surface area contributed by atoms with Crippen LogP contribution in [0.3, 0.4) is 0 Å². The molecule has 0 saturated carbocycles. The van der Waals surface area contributed by atoms with Crippen LogP contribution in [0, 0.1) is 19.7 Å². The van der Waals surface area contributed by atoms with Gasteiger partial charge in [-0.25, -0.2) is 4.39 Å². The van der Waals surface area contributed by atoms with Gasteiger partial charge < -0.3 is 5.32 Å². The number of aromatic nitrogens is 2. The molecule has 0 spiro atoms. The Balaban J connectivity index is 1.86. The lowest BCUT2D eigenvalue weighted by Gasteiger charge is -2.09. The number of carbonyl (C=O) groups is 1. The zero-order valence-corrected chi connectivity index (χ0v) is 16.5. The second kappa shape index (κ2) is 7.60. The first-order valence-corrected chi connectivity index (χ1v) is 9.07. The highest BCUT2D eigenvalue weighted by Gasteiger charge is 2.17. The predicted molar refractivity (Wildman–Crippen MR) is 104 cm³/mol. The molecule has 0 aliphatic heterocycles. The fourth-order valence-corrected chi connectivity index (χ4v) is 3.36. The van der Waals surface area contributed by atoms with E-state index in [0.29, 0.717) is 28.5 Å². The Bertz CT molecular complexity index is 987. The molecular weight excluding hydrogens is 421 g/mol. The largest absolute Gasteiger partial charge is 0.319 e. The van der Waals surface area contributed by atoms with Crippen LogP contribution >= 0.6 is 27.5 Å². The van der Waals surface area contributed by atoms with Crippen LogP contribution in [0.15, 0.2) is 46.9 Å². The van der Waals surface area contributed by atoms with Gasteiger partial charge in [0.2, 0.25) is 0 Å². The summed E-state index contributed by atoms with van der Waals surface area (Å²) in [5.41, 5.74) is 3.44. The predicted octanol–water partition coefficient (Wildman–Crippen LogP) is 5.36. The Morgan fingerprint density at radius 1 is 1.27 bits per heavy atom. The van der Waals surface area contributed by atoms with E-state index in [0.717, 1.165) is 15.7 Å². The van der Waals surface area contributed by atoms with Gasteiger partial charge in [-0.2, -0.15) is 5.10 Å². The van der Waals surface area contributed by atoms with E-state index in [1.165, 1.54) is 12.1 Å². The van der Waals surface area contributed by atoms with Crippen LogP contribution in [-0.2, 0) is 6.54 Å². The van der Waals surface area contributed by atoms with Crippen molar-refractivity contribution in [2.24, 2.45) is 0 Å². The quantitative estimate of drug-likeness (QED) is 0.599. The van der Waals surface area contributed by atoms with E-state index in [2.05, 4.69) is 26.3 Å². The van der Waals surface area contributed by atoms with Crippen molar-refractivity contribution in [3.63, 3.8) is 0 Å². The van der Waals surface area contributed by atoms with E-state index in [-0.39, 0.29) is 11.7 Å². The summed E-state index contributed by atoms with van der Waals surface area (Å²) >= 11 is 9.49. The summed E-state index contributed by atoms with van der Waals surface area (Å²) in [5.74, 6) is -0.600. The Kier molecular flexibility index (Phi) is 5.44. The first-order chi connectivity index (χ1) is 12.4. The fraction of sp³-hybridized carbons (Fsp3) is 0.158. The van der Waals surface area contributed by atoms with Crippen molar-refractivity contribution in [2.45, 2.75) is 20.4 Å². The van der Waals surface area contributed by atoms with E-state index < -0.39 is 0 Å². The van der Waals surface area contributed by atoms with Crippen molar-refractivity contribution in [3.8, 4) is 0 Å². The molecule has 4 nitrogen and oxygen atoms in total. The number of rotatable bonds is 4. The number of nitrogens with one attached hydrogen (secondary N) is 1. The lowest BCUT2D eigenvalue weighted by atomic mass is 10.2. The van der Waals surface area contributed by atoms with Gasteiger partial charge >= 0.3 is 0 Å². The highest BCUT2D eigenvalue weighted by molar-refractivity contribution is 9.10. The molecule has 2 aromatic carbocycles. The second-order valence-electron chi connectivity index (χ2n) is 5.87. The molecule has 0 radical (unpaired) electrons. The third-order valence-electron chi connectivity index (χ3n) is 4.07. The molecule has 1 N–H and O–H groups in total. The highest BCUT2D eigenvalue weighted by atomic mass is 79.9. The third kappa shape index (κ3) is 3.81. The zero-order chi connectivity index (χ0) is 18.8. The average molecular weight is 437 g/mol. The minimum atomic E-state index is -0.381. The van der Waals surface area contributed by atoms with Crippen LogP contribution in [0.25, 0.3) is 0 Å². The zero-order valence-electron chi connectivity index (χ0n) is 14.2. The molecule has 26 heavy (non-hydrogen) atoms. The van der Waals surface area contributed by atoms with E-state index in [1.807, 2.05) is 26.0 Å².